The Morgan fingerprint density at radius 3 is 2.50 bits per heavy atom. The van der Waals surface area contributed by atoms with Gasteiger partial charge in [0.2, 0.25) is 0 Å². The van der Waals surface area contributed by atoms with Crippen LogP contribution >= 0.6 is 11.3 Å². The number of benzene rings is 1. The normalized spacial score (nSPS) is 15.0. The van der Waals surface area contributed by atoms with Crippen molar-refractivity contribution in [2.45, 2.75) is 25.7 Å². The molecular weight excluding hydrogens is 218 g/mol. The molecule has 3 heteroatoms. The number of rotatable bonds is 1. The molecule has 2 aromatic rings. The second-order valence-electron chi connectivity index (χ2n) is 4.34. The Hall–Kier alpha value is -1.35. The van der Waals surface area contributed by atoms with Crippen LogP contribution in [0.4, 0.5) is 0 Å². The van der Waals surface area contributed by atoms with Gasteiger partial charge in [-0.3, -0.25) is 4.79 Å². The van der Waals surface area contributed by atoms with Crippen molar-refractivity contribution in [3.63, 3.8) is 0 Å². The average Bonchev–Trinajstić information content (AvgIpc) is 2.68. The molecule has 0 aliphatic heterocycles. The Kier molecular flexibility index (Phi) is 2.21. The second-order valence-corrected chi connectivity index (χ2v) is 5.42. The summed E-state index contributed by atoms with van der Waals surface area (Å²) in [5.74, 6) is -0.320. The summed E-state index contributed by atoms with van der Waals surface area (Å²) in [5.41, 5.74) is 8.21. The maximum atomic E-state index is 11.1. The minimum Gasteiger partial charge on any atom is -0.365 e. The minimum atomic E-state index is -0.320. The summed E-state index contributed by atoms with van der Waals surface area (Å²) in [6, 6.07) is 6.38. The molecule has 0 spiro atoms. The van der Waals surface area contributed by atoms with Crippen molar-refractivity contribution in [1.82, 2.24) is 0 Å². The van der Waals surface area contributed by atoms with Crippen molar-refractivity contribution in [3.8, 4) is 0 Å². The third-order valence-electron chi connectivity index (χ3n) is 3.22. The fraction of sp³-hybridized carbons (Fsp3) is 0.308. The zero-order chi connectivity index (χ0) is 11.1. The minimum absolute atomic E-state index is 0.320. The van der Waals surface area contributed by atoms with E-state index in [1.165, 1.54) is 58.2 Å². The maximum absolute atomic E-state index is 11.1. The topological polar surface area (TPSA) is 43.1 Å². The second kappa shape index (κ2) is 3.59. The first kappa shape index (κ1) is 9.85. The van der Waals surface area contributed by atoms with E-state index in [1.807, 2.05) is 6.07 Å². The van der Waals surface area contributed by atoms with E-state index in [-0.39, 0.29) is 5.91 Å². The van der Waals surface area contributed by atoms with Gasteiger partial charge in [-0.2, -0.15) is 0 Å². The summed E-state index contributed by atoms with van der Waals surface area (Å²) < 4.78 is 1.19. The number of carbonyl (C=O) groups excluding carboxylic acids is 1. The largest absolute Gasteiger partial charge is 0.365 e. The smallest absolute Gasteiger partial charge is 0.258 e. The third kappa shape index (κ3) is 1.52. The number of amides is 1. The zero-order valence-corrected chi connectivity index (χ0v) is 9.77. The lowest BCUT2D eigenvalue weighted by molar-refractivity contribution is 0.100. The molecular formula is C13H13NOS. The van der Waals surface area contributed by atoms with Gasteiger partial charge in [0.25, 0.3) is 5.91 Å². The van der Waals surface area contributed by atoms with Crippen molar-refractivity contribution >= 4 is 27.3 Å². The number of carbonyl (C=O) groups is 1. The van der Waals surface area contributed by atoms with Crippen molar-refractivity contribution in [2.24, 2.45) is 5.73 Å². The van der Waals surface area contributed by atoms with E-state index in [0.29, 0.717) is 4.88 Å². The van der Waals surface area contributed by atoms with E-state index in [1.54, 1.807) is 0 Å². The molecule has 0 radical (unpaired) electrons. The number of primary amides is 1. The van der Waals surface area contributed by atoms with Crippen molar-refractivity contribution in [3.05, 3.63) is 34.2 Å². The Balaban J connectivity index is 2.20. The molecule has 0 fully saturated rings. The molecule has 2 nitrogen and oxygen atoms in total. The van der Waals surface area contributed by atoms with E-state index in [9.17, 15) is 4.79 Å². The fourth-order valence-corrected chi connectivity index (χ4v) is 3.35. The molecule has 16 heavy (non-hydrogen) atoms. The molecule has 0 atom stereocenters. The predicted molar refractivity (Wildman–Crippen MR) is 67.0 cm³/mol. The average molecular weight is 231 g/mol. The summed E-state index contributed by atoms with van der Waals surface area (Å²) in [6.45, 7) is 0. The first-order valence-corrected chi connectivity index (χ1v) is 6.41. The van der Waals surface area contributed by atoms with Crippen LogP contribution in [0.2, 0.25) is 0 Å². The molecule has 1 aromatic carbocycles. The van der Waals surface area contributed by atoms with Gasteiger partial charge in [-0.25, -0.2) is 0 Å². The van der Waals surface area contributed by atoms with Crippen molar-refractivity contribution in [1.29, 1.82) is 0 Å². The number of thiophene rings is 1. The number of hydrogen-bond acceptors (Lipinski definition) is 2. The van der Waals surface area contributed by atoms with Gasteiger partial charge < -0.3 is 5.73 Å². The quantitative estimate of drug-likeness (QED) is 0.805. The summed E-state index contributed by atoms with van der Waals surface area (Å²) >= 11 is 1.50. The Labute approximate surface area is 98.1 Å². The zero-order valence-electron chi connectivity index (χ0n) is 8.95. The van der Waals surface area contributed by atoms with Gasteiger partial charge in [-0.15, -0.1) is 11.3 Å². The lowest BCUT2D eigenvalue weighted by Crippen LogP contribution is -2.07. The number of fused-ring (bicyclic) bond motifs is 2. The highest BCUT2D eigenvalue weighted by Gasteiger charge is 2.13. The highest BCUT2D eigenvalue weighted by atomic mass is 32.1. The van der Waals surface area contributed by atoms with E-state index in [4.69, 9.17) is 5.73 Å². The van der Waals surface area contributed by atoms with Gasteiger partial charge in [0.15, 0.2) is 0 Å². The summed E-state index contributed by atoms with van der Waals surface area (Å²) in [4.78, 5) is 11.8. The highest BCUT2D eigenvalue weighted by Crippen LogP contribution is 2.31. The Morgan fingerprint density at radius 1 is 1.12 bits per heavy atom. The molecule has 2 N–H and O–H groups in total. The Bertz CT molecular complexity index is 528. The van der Waals surface area contributed by atoms with Crippen molar-refractivity contribution < 1.29 is 4.79 Å². The molecule has 3 rings (SSSR count). The van der Waals surface area contributed by atoms with Crippen LogP contribution in [0.25, 0.3) is 10.1 Å². The molecule has 1 heterocycles. The summed E-state index contributed by atoms with van der Waals surface area (Å²) in [5, 5.41) is 1.17. The molecule has 0 unspecified atom stereocenters. The van der Waals surface area contributed by atoms with Crippen LogP contribution in [0.1, 0.15) is 33.6 Å². The molecule has 82 valence electrons. The Morgan fingerprint density at radius 2 is 1.81 bits per heavy atom. The summed E-state index contributed by atoms with van der Waals surface area (Å²) in [6.07, 6.45) is 4.92. The lowest BCUT2D eigenvalue weighted by atomic mass is 9.91. The maximum Gasteiger partial charge on any atom is 0.258 e. The number of hydrogen-bond donors (Lipinski definition) is 1. The monoisotopic (exact) mass is 231 g/mol. The molecule has 0 saturated heterocycles. The van der Waals surface area contributed by atoms with Gasteiger partial charge in [-0.1, -0.05) is 6.07 Å². The van der Waals surface area contributed by atoms with Crippen molar-refractivity contribution in [2.75, 3.05) is 0 Å². The van der Waals surface area contributed by atoms with Crippen LogP contribution in [0, 0.1) is 0 Å². The van der Waals surface area contributed by atoms with Crippen LogP contribution in [0.15, 0.2) is 18.2 Å². The first-order chi connectivity index (χ1) is 7.74. The molecule has 1 aliphatic carbocycles. The van der Waals surface area contributed by atoms with Crippen LogP contribution in [-0.4, -0.2) is 5.91 Å². The molecule has 0 saturated carbocycles. The molecule has 1 aliphatic rings. The molecule has 1 amide bonds. The van der Waals surface area contributed by atoms with E-state index >= 15 is 0 Å². The predicted octanol–water partition coefficient (Wildman–Crippen LogP) is 2.88. The van der Waals surface area contributed by atoms with Gasteiger partial charge >= 0.3 is 0 Å². The highest BCUT2D eigenvalue weighted by molar-refractivity contribution is 7.20. The van der Waals surface area contributed by atoms with Gasteiger partial charge in [0.05, 0.1) is 4.88 Å². The number of aryl methyl sites for hydroxylation is 2. The van der Waals surface area contributed by atoms with Crippen LogP contribution in [-0.2, 0) is 12.8 Å². The third-order valence-corrected chi connectivity index (χ3v) is 4.34. The first-order valence-electron chi connectivity index (χ1n) is 5.59. The summed E-state index contributed by atoms with van der Waals surface area (Å²) in [7, 11) is 0. The fourth-order valence-electron chi connectivity index (χ4n) is 2.39. The number of nitrogens with two attached hydrogens (primary N) is 1. The van der Waals surface area contributed by atoms with E-state index in [2.05, 4.69) is 12.1 Å². The molecule has 0 bridgehead atoms. The van der Waals surface area contributed by atoms with Gasteiger partial charge in [-0.05, 0) is 54.3 Å². The van der Waals surface area contributed by atoms with Gasteiger partial charge in [0.1, 0.15) is 0 Å². The van der Waals surface area contributed by atoms with Crippen LogP contribution in [0.3, 0.4) is 0 Å². The van der Waals surface area contributed by atoms with Gasteiger partial charge in [0, 0.05) is 4.70 Å². The molecule has 1 aromatic heterocycles. The van der Waals surface area contributed by atoms with Crippen LogP contribution < -0.4 is 5.73 Å². The SMILES string of the molecule is NC(=O)c1cc2cc3c(cc2s1)CCCC3. The van der Waals surface area contributed by atoms with E-state index in [0.717, 1.165) is 0 Å². The van der Waals surface area contributed by atoms with Crippen LogP contribution in [0.5, 0.6) is 0 Å². The van der Waals surface area contributed by atoms with E-state index < -0.39 is 0 Å². The lowest BCUT2D eigenvalue weighted by Gasteiger charge is -2.15. The standard InChI is InChI=1S/C13H13NOS/c14-13(15)12-7-10-5-8-3-1-2-4-9(8)6-11(10)16-12/h5-7H,1-4H2,(H2,14,15).